The van der Waals surface area contributed by atoms with Crippen LogP contribution in [0.4, 0.5) is 11.6 Å². The maximum absolute atomic E-state index is 13.5. The molecule has 4 aromatic rings. The van der Waals surface area contributed by atoms with Gasteiger partial charge in [0.2, 0.25) is 11.7 Å². The number of carboxylic acids is 1. The number of para-hydroxylation sites is 1. The number of aromatic hydroxyl groups is 1. The lowest BCUT2D eigenvalue weighted by atomic mass is 9.91. The van der Waals surface area contributed by atoms with Crippen molar-refractivity contribution in [2.24, 2.45) is 11.8 Å². The molecule has 16 heteroatoms. The fourth-order valence-electron chi connectivity index (χ4n) is 8.90. The third-order valence-electron chi connectivity index (χ3n) is 12.3. The summed E-state index contributed by atoms with van der Waals surface area (Å²) in [7, 11) is 0. The number of aliphatic carboxylic acids is 1. The number of benzene rings is 1. The molecule has 0 bridgehead atoms. The number of aliphatic hydroxyl groups is 1. The summed E-state index contributed by atoms with van der Waals surface area (Å²) in [6, 6.07) is 7.81. The first-order valence-corrected chi connectivity index (χ1v) is 20.8. The molecular formula is C43H54N8O8. The average molecular weight is 811 g/mol. The molecule has 1 aromatic carbocycles. The summed E-state index contributed by atoms with van der Waals surface area (Å²) in [6.07, 6.45) is 9.25. The monoisotopic (exact) mass is 810 g/mol. The average Bonchev–Trinajstić information content (AvgIpc) is 3.95. The van der Waals surface area contributed by atoms with Crippen molar-refractivity contribution in [1.29, 1.82) is 0 Å². The van der Waals surface area contributed by atoms with Gasteiger partial charge in [-0.2, -0.15) is 4.98 Å². The molecule has 4 fully saturated rings. The Morgan fingerprint density at radius 1 is 1.00 bits per heavy atom. The third-order valence-corrected chi connectivity index (χ3v) is 12.3. The van der Waals surface area contributed by atoms with Crippen molar-refractivity contribution in [2.75, 3.05) is 56.5 Å². The van der Waals surface area contributed by atoms with Gasteiger partial charge in [-0.15, -0.1) is 0 Å². The molecule has 3 aromatic heterocycles. The van der Waals surface area contributed by atoms with E-state index in [0.29, 0.717) is 52.5 Å². The van der Waals surface area contributed by atoms with E-state index in [9.17, 15) is 24.9 Å². The summed E-state index contributed by atoms with van der Waals surface area (Å²) >= 11 is 0. The van der Waals surface area contributed by atoms with Crippen LogP contribution in [0.15, 0.2) is 47.2 Å². The highest BCUT2D eigenvalue weighted by molar-refractivity contribution is 5.88. The molecule has 59 heavy (non-hydrogen) atoms. The maximum Gasteiger partial charge on any atom is 0.326 e. The van der Waals surface area contributed by atoms with Gasteiger partial charge in [0, 0.05) is 82.6 Å². The molecule has 3 aliphatic heterocycles. The number of β-amino-alcohol motifs (C(OH)–C–C–N with tert-alkyl or cyclic N) is 1. The lowest BCUT2D eigenvalue weighted by molar-refractivity contribution is -0.149. The minimum Gasteiger partial charge on any atom is -0.507 e. The molecule has 0 radical (unpaired) electrons. The number of carboxylic acid groups (broad SMARTS) is 1. The maximum atomic E-state index is 13.5. The Hall–Kier alpha value is -5.21. The molecule has 5 N–H and O–H groups in total. The second-order valence-electron chi connectivity index (χ2n) is 16.8. The number of amides is 1. The summed E-state index contributed by atoms with van der Waals surface area (Å²) in [5, 5.41) is 34.2. The number of imidazole rings is 1. The molecule has 1 saturated carbocycles. The number of hydrogen-bond acceptors (Lipinski definition) is 13. The van der Waals surface area contributed by atoms with E-state index in [0.717, 1.165) is 71.2 Å². The Kier molecular flexibility index (Phi) is 12.1. The number of phenolic OH excluding ortho intramolecular Hbond substituents is 1. The number of fused-ring (bicyclic) bond motifs is 1. The van der Waals surface area contributed by atoms with Crippen LogP contribution >= 0.6 is 0 Å². The third kappa shape index (κ3) is 9.18. The minimum absolute atomic E-state index is 0.00182. The number of ether oxygens (including phenoxy) is 2. The van der Waals surface area contributed by atoms with Gasteiger partial charge in [0.15, 0.2) is 11.6 Å². The number of phenols is 1. The minimum atomic E-state index is -1.11. The quantitative estimate of drug-likeness (QED) is 0.151. The zero-order valence-electron chi connectivity index (χ0n) is 33.7. The van der Waals surface area contributed by atoms with Crippen molar-refractivity contribution in [3.63, 3.8) is 0 Å². The summed E-state index contributed by atoms with van der Waals surface area (Å²) in [5.41, 5.74) is 7.97. The van der Waals surface area contributed by atoms with Gasteiger partial charge in [-0.1, -0.05) is 43.0 Å². The van der Waals surface area contributed by atoms with Crippen LogP contribution in [0.5, 0.6) is 5.75 Å². The Morgan fingerprint density at radius 2 is 1.76 bits per heavy atom. The van der Waals surface area contributed by atoms with Gasteiger partial charge in [0.05, 0.1) is 35.7 Å². The summed E-state index contributed by atoms with van der Waals surface area (Å²) in [4.78, 5) is 40.2. The summed E-state index contributed by atoms with van der Waals surface area (Å²) < 4.78 is 19.9. The van der Waals surface area contributed by atoms with Crippen molar-refractivity contribution in [3.8, 4) is 28.8 Å². The van der Waals surface area contributed by atoms with Crippen LogP contribution in [0.2, 0.25) is 0 Å². The van der Waals surface area contributed by atoms with E-state index in [1.165, 1.54) is 4.90 Å². The highest BCUT2D eigenvalue weighted by Crippen LogP contribution is 2.35. The first-order valence-electron chi connectivity index (χ1n) is 20.8. The number of nitrogens with two attached hydrogens (primary N) is 1. The lowest BCUT2D eigenvalue weighted by Gasteiger charge is -2.41. The van der Waals surface area contributed by atoms with Crippen molar-refractivity contribution in [3.05, 3.63) is 54.0 Å². The van der Waals surface area contributed by atoms with Crippen molar-refractivity contribution in [2.45, 2.75) is 95.2 Å². The molecule has 8 rings (SSSR count). The van der Waals surface area contributed by atoms with E-state index in [1.807, 2.05) is 26.0 Å². The number of likely N-dealkylation sites (tertiary alicyclic amines) is 2. The Bertz CT molecular complexity index is 2170. The molecule has 1 aliphatic carbocycles. The second-order valence-corrected chi connectivity index (χ2v) is 16.8. The van der Waals surface area contributed by atoms with Crippen molar-refractivity contribution in [1.82, 2.24) is 29.3 Å². The Balaban J connectivity index is 0.724. The van der Waals surface area contributed by atoms with Crippen LogP contribution in [0.25, 0.3) is 17.0 Å². The van der Waals surface area contributed by atoms with Crippen LogP contribution in [-0.2, 0) is 19.1 Å². The first kappa shape index (κ1) is 40.6. The summed E-state index contributed by atoms with van der Waals surface area (Å²) in [6.45, 7) is 8.93. The zero-order chi connectivity index (χ0) is 41.2. The normalized spacial score (nSPS) is 23.7. The molecule has 1 amide bonds. The number of aromatic nitrogens is 4. The number of hydrogen-bond donors (Lipinski definition) is 4. The van der Waals surface area contributed by atoms with E-state index in [2.05, 4.69) is 36.8 Å². The highest BCUT2D eigenvalue weighted by atomic mass is 16.5. The van der Waals surface area contributed by atoms with Gasteiger partial charge in [0.1, 0.15) is 30.1 Å². The van der Waals surface area contributed by atoms with Gasteiger partial charge in [-0.25, -0.2) is 9.78 Å². The molecule has 3 saturated heterocycles. The zero-order valence-corrected chi connectivity index (χ0v) is 33.7. The smallest absolute Gasteiger partial charge is 0.326 e. The van der Waals surface area contributed by atoms with E-state index >= 15 is 0 Å². The van der Waals surface area contributed by atoms with Crippen LogP contribution in [0.3, 0.4) is 0 Å². The first-order chi connectivity index (χ1) is 28.5. The number of aliphatic hydroxyl groups excluding tert-OH is 1. The van der Waals surface area contributed by atoms with E-state index in [4.69, 9.17) is 19.7 Å². The van der Waals surface area contributed by atoms with Crippen LogP contribution in [-0.4, -0.2) is 133 Å². The number of nitrogen functional groups attached to an aromatic ring is 1. The lowest BCUT2D eigenvalue weighted by Crippen LogP contribution is -2.45. The molecule has 6 heterocycles. The van der Waals surface area contributed by atoms with E-state index < -0.39 is 24.0 Å². The van der Waals surface area contributed by atoms with Gasteiger partial charge in [0.25, 0.3) is 0 Å². The number of nitrogens with zero attached hydrogens (tertiary/aromatic N) is 7. The fraction of sp³-hybridized carbons (Fsp3) is 0.558. The Labute approximate surface area is 343 Å². The van der Waals surface area contributed by atoms with Crippen LogP contribution in [0.1, 0.15) is 76.0 Å². The molecule has 4 aliphatic rings. The molecule has 16 nitrogen and oxygen atoms in total. The topological polar surface area (TPSA) is 205 Å². The SMILES string of the molecule is CC(C)[C@@H](C(=O)N1C[C@H](O)C[C@H]1C(=O)O)c1cc(N2CCC(CN3CCC(OC4CC(OCC#Cc5cn6cc(-c7ccccc7O)nc6nc5N)C4)CC3)CC2)no1. The van der Waals surface area contributed by atoms with Crippen molar-refractivity contribution < 1.29 is 38.9 Å². The molecule has 0 unspecified atom stereocenters. The van der Waals surface area contributed by atoms with E-state index in [1.54, 1.807) is 35.0 Å². The highest BCUT2D eigenvalue weighted by Gasteiger charge is 2.43. The van der Waals surface area contributed by atoms with Crippen LogP contribution in [0, 0.1) is 23.7 Å². The van der Waals surface area contributed by atoms with Crippen molar-refractivity contribution >= 4 is 29.3 Å². The molecular weight excluding hydrogens is 757 g/mol. The van der Waals surface area contributed by atoms with Gasteiger partial charge >= 0.3 is 5.97 Å². The number of rotatable bonds is 12. The molecule has 0 spiro atoms. The number of carbonyl (C=O) groups is 2. The van der Waals surface area contributed by atoms with Gasteiger partial charge < -0.3 is 49.7 Å². The second kappa shape index (κ2) is 17.6. The van der Waals surface area contributed by atoms with Gasteiger partial charge in [-0.3, -0.25) is 9.20 Å². The largest absolute Gasteiger partial charge is 0.507 e. The van der Waals surface area contributed by atoms with Crippen LogP contribution < -0.4 is 10.6 Å². The molecule has 3 atom stereocenters. The fourth-order valence-corrected chi connectivity index (χ4v) is 8.90. The predicted molar refractivity (Wildman–Crippen MR) is 217 cm³/mol. The standard InChI is InChI=1S/C43H54N8O8/c1-26(2)39(41(54)51-24-29(52)18-35(51)42(55)56)37-21-38(47-59-37)49-15-9-27(10-16-49)22-48-13-11-30(12-14-48)58-32-19-31(20-32)57-17-5-6-28-23-50-25-34(45-43(50)46-40(28)44)33-7-3-4-8-36(33)53/h3-4,7-8,21,23,25-27,29-32,35,39,52-53H,9-20,22,24H2,1-2H3,(H,55,56)(H2,44,45,46)/t29-,31?,32?,35+,39-/m1/s1. The predicted octanol–water partition coefficient (Wildman–Crippen LogP) is 3.75. The summed E-state index contributed by atoms with van der Waals surface area (Å²) in [5.74, 6) is 6.46. The molecule has 314 valence electrons. The van der Waals surface area contributed by atoms with Gasteiger partial charge in [-0.05, 0) is 49.7 Å². The number of piperidine rings is 2. The number of carbonyl (C=O) groups excluding carboxylic acids is 1. The Morgan fingerprint density at radius 3 is 2.49 bits per heavy atom. The number of anilines is 2. The van der Waals surface area contributed by atoms with E-state index in [-0.39, 0.29) is 48.9 Å².